The van der Waals surface area contributed by atoms with Crippen LogP contribution in [-0.2, 0) is 6.54 Å². The Morgan fingerprint density at radius 1 is 1.17 bits per heavy atom. The van der Waals surface area contributed by atoms with Crippen LogP contribution in [0.25, 0.3) is 22.4 Å². The summed E-state index contributed by atoms with van der Waals surface area (Å²) in [6.07, 6.45) is 2.81. The number of fused-ring (bicyclic) bond motifs is 2. The molecule has 0 bridgehead atoms. The van der Waals surface area contributed by atoms with Crippen LogP contribution in [0.4, 0.5) is 18.9 Å². The van der Waals surface area contributed by atoms with Crippen molar-refractivity contribution in [3.63, 3.8) is 0 Å². The number of likely N-dealkylation sites (tertiary alicyclic amines) is 1. The molecule has 222 valence electrons. The number of benzene rings is 1. The number of halogens is 3. The average molecular weight is 581 g/mol. The smallest absolute Gasteiger partial charge is 0.381 e. The average Bonchev–Trinajstić information content (AvgIpc) is 3.66. The molecule has 2 aromatic heterocycles. The zero-order valence-electron chi connectivity index (χ0n) is 23.8. The largest absolute Gasteiger partial charge is 0.416 e. The molecule has 2 atom stereocenters. The molecule has 1 aromatic carbocycles. The van der Waals surface area contributed by atoms with Crippen molar-refractivity contribution in [2.75, 3.05) is 31.5 Å². The summed E-state index contributed by atoms with van der Waals surface area (Å²) in [4.78, 5) is 41.1. The number of hydrogen-bond acceptors (Lipinski definition) is 5. The minimum Gasteiger partial charge on any atom is -0.381 e. The van der Waals surface area contributed by atoms with Gasteiger partial charge >= 0.3 is 6.18 Å². The third-order valence-electron chi connectivity index (χ3n) is 8.60. The molecular weight excluding hydrogens is 545 g/mol. The quantitative estimate of drug-likeness (QED) is 0.322. The van der Waals surface area contributed by atoms with Gasteiger partial charge in [-0.3, -0.25) is 9.59 Å². The summed E-state index contributed by atoms with van der Waals surface area (Å²) >= 11 is 0. The van der Waals surface area contributed by atoms with E-state index in [1.807, 2.05) is 24.8 Å². The van der Waals surface area contributed by atoms with E-state index in [0.29, 0.717) is 59.7 Å². The summed E-state index contributed by atoms with van der Waals surface area (Å²) in [5.41, 5.74) is 3.48. The molecule has 3 N–H and O–H groups in total. The molecule has 1 saturated heterocycles. The molecule has 4 heterocycles. The van der Waals surface area contributed by atoms with Crippen LogP contribution in [0.5, 0.6) is 0 Å². The van der Waals surface area contributed by atoms with E-state index in [1.54, 1.807) is 12.1 Å². The number of pyridine rings is 1. The number of aromatic nitrogens is 3. The third-order valence-corrected chi connectivity index (χ3v) is 8.60. The number of nitrogens with zero attached hydrogens (tertiary/aromatic N) is 3. The van der Waals surface area contributed by atoms with E-state index in [4.69, 9.17) is 0 Å². The van der Waals surface area contributed by atoms with Crippen molar-refractivity contribution in [1.29, 1.82) is 0 Å². The fraction of sp³-hybridized carbons (Fsp3) is 0.452. The molecule has 6 rings (SSSR count). The first-order valence-corrected chi connectivity index (χ1v) is 14.6. The molecule has 1 amide bonds. The molecule has 0 saturated carbocycles. The van der Waals surface area contributed by atoms with Gasteiger partial charge in [0.1, 0.15) is 11.4 Å². The monoisotopic (exact) mass is 580 g/mol. The Bertz CT molecular complexity index is 1630. The number of aromatic amines is 2. The lowest BCUT2D eigenvalue weighted by Crippen LogP contribution is -2.33. The molecular formula is C31H35F3N6O2. The number of alkyl halides is 3. The number of amides is 1. The molecule has 2 aliphatic heterocycles. The standard InChI is InChI=1S/C31H35F3N6O2/c1-18-5-6-22(31(32,33)34)14-20(18)13-19(2)36-24-7-8-35-29(41)27(24)28-37-25-15-21-17-40(12-11-39-9-3-4-10-39)30(42)23(21)16-26(25)38-28/h6-8,14-16,18-19H,3-5,9-13,17H2,1-2H3,(H,37,38)(H2,35,36,41)/t18?,19-/m0/s1. The normalized spacial score (nSPS) is 20.2. The Labute approximate surface area is 241 Å². The summed E-state index contributed by atoms with van der Waals surface area (Å²) in [5, 5.41) is 3.32. The van der Waals surface area contributed by atoms with Gasteiger partial charge in [-0.05, 0) is 75.4 Å². The van der Waals surface area contributed by atoms with Crippen molar-refractivity contribution < 1.29 is 18.0 Å². The number of imidazole rings is 1. The van der Waals surface area contributed by atoms with Gasteiger partial charge in [-0.15, -0.1) is 0 Å². The van der Waals surface area contributed by atoms with E-state index >= 15 is 0 Å². The second-order valence-electron chi connectivity index (χ2n) is 11.7. The van der Waals surface area contributed by atoms with E-state index in [-0.39, 0.29) is 23.4 Å². The molecule has 8 nitrogen and oxygen atoms in total. The predicted octanol–water partition coefficient (Wildman–Crippen LogP) is 5.62. The van der Waals surface area contributed by atoms with Crippen LogP contribution in [-0.4, -0.2) is 69.1 Å². The van der Waals surface area contributed by atoms with Crippen molar-refractivity contribution in [3.05, 3.63) is 69.2 Å². The molecule has 0 spiro atoms. The lowest BCUT2D eigenvalue weighted by atomic mass is 9.86. The Hall–Kier alpha value is -3.86. The minimum atomic E-state index is -4.38. The van der Waals surface area contributed by atoms with Crippen LogP contribution in [0.15, 0.2) is 52.5 Å². The maximum absolute atomic E-state index is 13.3. The maximum Gasteiger partial charge on any atom is 0.416 e. The summed E-state index contributed by atoms with van der Waals surface area (Å²) in [6, 6.07) is 5.20. The molecule has 1 aliphatic carbocycles. The summed E-state index contributed by atoms with van der Waals surface area (Å²) in [7, 11) is 0. The Morgan fingerprint density at radius 2 is 1.95 bits per heavy atom. The molecule has 3 aliphatic rings. The first-order chi connectivity index (χ1) is 20.1. The second kappa shape index (κ2) is 11.1. The van der Waals surface area contributed by atoms with Crippen LogP contribution < -0.4 is 10.9 Å². The van der Waals surface area contributed by atoms with Gasteiger partial charge in [-0.1, -0.05) is 24.6 Å². The SMILES string of the molecule is CC1CC=C(C(F)(F)F)C=C1C[C@H](C)Nc1cc[nH]c(=O)c1-c1nc2cc3c(cc2[nH]1)CN(CCN1CCCC1)C3=O. The van der Waals surface area contributed by atoms with E-state index in [0.717, 1.165) is 30.7 Å². The lowest BCUT2D eigenvalue weighted by Gasteiger charge is -2.25. The molecule has 1 unspecified atom stereocenters. The first-order valence-electron chi connectivity index (χ1n) is 14.6. The Morgan fingerprint density at radius 3 is 2.71 bits per heavy atom. The Balaban J connectivity index is 1.21. The van der Waals surface area contributed by atoms with E-state index < -0.39 is 11.7 Å². The van der Waals surface area contributed by atoms with Gasteiger partial charge in [-0.2, -0.15) is 13.2 Å². The number of rotatable bonds is 8. The highest BCUT2D eigenvalue weighted by Gasteiger charge is 2.34. The summed E-state index contributed by atoms with van der Waals surface area (Å²) in [5.74, 6) is 0.352. The van der Waals surface area contributed by atoms with Crippen molar-refractivity contribution in [1.82, 2.24) is 24.8 Å². The van der Waals surface area contributed by atoms with Crippen molar-refractivity contribution in [2.24, 2.45) is 5.92 Å². The topological polar surface area (TPSA) is 97.1 Å². The van der Waals surface area contributed by atoms with Crippen LogP contribution in [0, 0.1) is 5.92 Å². The highest BCUT2D eigenvalue weighted by molar-refractivity contribution is 6.02. The highest BCUT2D eigenvalue weighted by Crippen LogP contribution is 2.36. The van der Waals surface area contributed by atoms with Gasteiger partial charge in [0, 0.05) is 37.4 Å². The summed E-state index contributed by atoms with van der Waals surface area (Å²) < 4.78 is 39.9. The van der Waals surface area contributed by atoms with Gasteiger partial charge < -0.3 is 25.1 Å². The van der Waals surface area contributed by atoms with Gasteiger partial charge in [0.25, 0.3) is 11.5 Å². The number of anilines is 1. The number of carbonyl (C=O) groups excluding carboxylic acids is 1. The molecule has 3 aromatic rings. The zero-order valence-corrected chi connectivity index (χ0v) is 23.8. The van der Waals surface area contributed by atoms with Crippen molar-refractivity contribution in [2.45, 2.75) is 58.3 Å². The number of hydrogen-bond donors (Lipinski definition) is 3. The number of allylic oxidation sites excluding steroid dienone is 3. The number of carbonyl (C=O) groups is 1. The van der Waals surface area contributed by atoms with Gasteiger partial charge in [-0.25, -0.2) is 4.98 Å². The molecule has 1 fully saturated rings. The fourth-order valence-electron chi connectivity index (χ4n) is 6.26. The number of nitrogens with one attached hydrogen (secondary N) is 3. The van der Waals surface area contributed by atoms with Crippen molar-refractivity contribution in [3.8, 4) is 11.4 Å². The highest BCUT2D eigenvalue weighted by atomic mass is 19.4. The van der Waals surface area contributed by atoms with Gasteiger partial charge in [0.05, 0.1) is 22.3 Å². The second-order valence-corrected chi connectivity index (χ2v) is 11.7. The number of H-pyrrole nitrogens is 2. The first kappa shape index (κ1) is 28.3. The Kier molecular flexibility index (Phi) is 7.46. The van der Waals surface area contributed by atoms with E-state index in [1.165, 1.54) is 31.2 Å². The lowest BCUT2D eigenvalue weighted by molar-refractivity contribution is -0.0888. The van der Waals surface area contributed by atoms with Crippen LogP contribution in [0.2, 0.25) is 0 Å². The third kappa shape index (κ3) is 5.62. The minimum absolute atomic E-state index is 0.000781. The molecule has 0 radical (unpaired) electrons. The fourth-order valence-corrected chi connectivity index (χ4v) is 6.26. The van der Waals surface area contributed by atoms with E-state index in [9.17, 15) is 22.8 Å². The van der Waals surface area contributed by atoms with Crippen LogP contribution in [0.1, 0.15) is 55.5 Å². The molecule has 11 heteroatoms. The van der Waals surface area contributed by atoms with Crippen molar-refractivity contribution >= 4 is 22.6 Å². The molecule has 42 heavy (non-hydrogen) atoms. The van der Waals surface area contributed by atoms with Gasteiger partial charge in [0.15, 0.2) is 0 Å². The predicted molar refractivity (Wildman–Crippen MR) is 156 cm³/mol. The van der Waals surface area contributed by atoms with Gasteiger partial charge in [0.2, 0.25) is 0 Å². The summed E-state index contributed by atoms with van der Waals surface area (Å²) in [6.45, 7) is 8.09. The maximum atomic E-state index is 13.3. The zero-order chi connectivity index (χ0) is 29.6. The van der Waals surface area contributed by atoms with Crippen LogP contribution >= 0.6 is 0 Å². The van der Waals surface area contributed by atoms with Crippen LogP contribution in [0.3, 0.4) is 0 Å². The van der Waals surface area contributed by atoms with E-state index in [2.05, 4.69) is 25.2 Å².